The molecule has 2 heteroatoms. The average Bonchev–Trinajstić information content (AvgIpc) is 2.23. The highest BCUT2D eigenvalue weighted by molar-refractivity contribution is 5.22. The van der Waals surface area contributed by atoms with E-state index < -0.39 is 0 Å². The maximum absolute atomic E-state index is 5.65. The Labute approximate surface area is 98.8 Å². The van der Waals surface area contributed by atoms with Gasteiger partial charge < -0.3 is 10.5 Å². The summed E-state index contributed by atoms with van der Waals surface area (Å²) in [4.78, 5) is 0. The fraction of sp³-hybridized carbons (Fsp3) is 0.571. The molecule has 16 heavy (non-hydrogen) atoms. The van der Waals surface area contributed by atoms with Crippen LogP contribution in [-0.4, -0.2) is 6.61 Å². The molecule has 90 valence electrons. The van der Waals surface area contributed by atoms with Gasteiger partial charge in [0, 0.05) is 13.2 Å². The third-order valence-corrected chi connectivity index (χ3v) is 2.49. The predicted octanol–water partition coefficient (Wildman–Crippen LogP) is 3.10. The minimum absolute atomic E-state index is 0.346. The molecule has 1 rings (SSSR count). The first-order chi connectivity index (χ1) is 7.51. The molecule has 0 heterocycles. The molecule has 1 aromatic carbocycles. The fourth-order valence-corrected chi connectivity index (χ4v) is 1.41. The minimum atomic E-state index is 0.346. The van der Waals surface area contributed by atoms with Crippen molar-refractivity contribution >= 4 is 0 Å². The Morgan fingerprint density at radius 1 is 1.19 bits per heavy atom. The first kappa shape index (κ1) is 13.2. The number of benzene rings is 1. The molecule has 0 unspecified atom stereocenters. The number of nitrogens with two attached hydrogens (primary N) is 1. The van der Waals surface area contributed by atoms with E-state index in [0.29, 0.717) is 18.6 Å². The van der Waals surface area contributed by atoms with Crippen molar-refractivity contribution in [2.45, 2.75) is 40.3 Å². The van der Waals surface area contributed by atoms with E-state index in [2.05, 4.69) is 32.9 Å². The van der Waals surface area contributed by atoms with Crippen LogP contribution in [-0.2, 0) is 17.9 Å². The molecule has 1 aromatic rings. The highest BCUT2D eigenvalue weighted by atomic mass is 16.5. The predicted molar refractivity (Wildman–Crippen MR) is 68.1 cm³/mol. The molecule has 0 saturated heterocycles. The molecule has 0 aliphatic rings. The van der Waals surface area contributed by atoms with Gasteiger partial charge in [-0.25, -0.2) is 0 Å². The monoisotopic (exact) mass is 221 g/mol. The molecule has 0 bridgehead atoms. The van der Waals surface area contributed by atoms with Crippen LogP contribution in [0.4, 0.5) is 0 Å². The van der Waals surface area contributed by atoms with E-state index in [1.165, 1.54) is 5.56 Å². The van der Waals surface area contributed by atoms with Crippen LogP contribution in [0, 0.1) is 5.41 Å². The third kappa shape index (κ3) is 5.29. The van der Waals surface area contributed by atoms with Gasteiger partial charge in [0.05, 0.1) is 6.61 Å². The third-order valence-electron chi connectivity index (χ3n) is 2.49. The first-order valence-corrected chi connectivity index (χ1v) is 5.87. The van der Waals surface area contributed by atoms with Crippen LogP contribution in [0.2, 0.25) is 0 Å². The second-order valence-corrected chi connectivity index (χ2v) is 5.39. The molecular formula is C14H23NO. The molecular weight excluding hydrogens is 198 g/mol. The largest absolute Gasteiger partial charge is 0.377 e. The van der Waals surface area contributed by atoms with Crippen molar-refractivity contribution in [3.05, 3.63) is 35.4 Å². The summed E-state index contributed by atoms with van der Waals surface area (Å²) < 4.78 is 5.65. The van der Waals surface area contributed by atoms with Crippen LogP contribution < -0.4 is 5.73 Å². The quantitative estimate of drug-likeness (QED) is 0.775. The van der Waals surface area contributed by atoms with Gasteiger partial charge in [-0.3, -0.25) is 0 Å². The maximum Gasteiger partial charge on any atom is 0.0716 e. The van der Waals surface area contributed by atoms with Gasteiger partial charge >= 0.3 is 0 Å². The summed E-state index contributed by atoms with van der Waals surface area (Å²) in [6.07, 6.45) is 1.09. The van der Waals surface area contributed by atoms with Crippen molar-refractivity contribution in [3.8, 4) is 0 Å². The molecule has 0 radical (unpaired) electrons. The van der Waals surface area contributed by atoms with Crippen LogP contribution in [0.15, 0.2) is 24.3 Å². The van der Waals surface area contributed by atoms with E-state index in [9.17, 15) is 0 Å². The number of ether oxygens (including phenoxy) is 1. The van der Waals surface area contributed by atoms with E-state index in [-0.39, 0.29) is 0 Å². The van der Waals surface area contributed by atoms with E-state index in [0.717, 1.165) is 18.6 Å². The molecule has 2 nitrogen and oxygen atoms in total. The fourth-order valence-electron chi connectivity index (χ4n) is 1.41. The van der Waals surface area contributed by atoms with Crippen LogP contribution in [0.3, 0.4) is 0 Å². The topological polar surface area (TPSA) is 35.2 Å². The van der Waals surface area contributed by atoms with E-state index in [1.54, 1.807) is 0 Å². The highest BCUT2D eigenvalue weighted by Crippen LogP contribution is 2.18. The smallest absolute Gasteiger partial charge is 0.0716 e. The molecule has 0 aliphatic heterocycles. The van der Waals surface area contributed by atoms with E-state index >= 15 is 0 Å². The summed E-state index contributed by atoms with van der Waals surface area (Å²) >= 11 is 0. The maximum atomic E-state index is 5.65. The number of hydrogen-bond donors (Lipinski definition) is 1. The average molecular weight is 221 g/mol. The van der Waals surface area contributed by atoms with Gasteiger partial charge in [0.1, 0.15) is 0 Å². The normalized spacial score (nSPS) is 11.8. The van der Waals surface area contributed by atoms with Crippen molar-refractivity contribution in [2.75, 3.05) is 6.61 Å². The molecule has 0 saturated carbocycles. The van der Waals surface area contributed by atoms with Crippen molar-refractivity contribution in [1.82, 2.24) is 0 Å². The lowest BCUT2D eigenvalue weighted by molar-refractivity contribution is 0.0962. The summed E-state index contributed by atoms with van der Waals surface area (Å²) in [5, 5.41) is 0. The van der Waals surface area contributed by atoms with Gasteiger partial charge in [0.15, 0.2) is 0 Å². The van der Waals surface area contributed by atoms with Crippen LogP contribution in [0.5, 0.6) is 0 Å². The molecule has 0 atom stereocenters. The molecule has 2 N–H and O–H groups in total. The second-order valence-electron chi connectivity index (χ2n) is 5.39. The SMILES string of the molecule is CC(C)(C)CCOCc1cccc(CN)c1. The summed E-state index contributed by atoms with van der Waals surface area (Å²) in [7, 11) is 0. The van der Waals surface area contributed by atoms with Crippen molar-refractivity contribution < 1.29 is 4.74 Å². The Morgan fingerprint density at radius 3 is 2.50 bits per heavy atom. The van der Waals surface area contributed by atoms with Crippen molar-refractivity contribution in [3.63, 3.8) is 0 Å². The van der Waals surface area contributed by atoms with Crippen LogP contribution in [0.25, 0.3) is 0 Å². The lowest BCUT2D eigenvalue weighted by Crippen LogP contribution is -2.09. The van der Waals surface area contributed by atoms with Crippen LogP contribution in [0.1, 0.15) is 38.3 Å². The molecule has 0 fully saturated rings. The molecule has 0 amide bonds. The van der Waals surface area contributed by atoms with E-state index in [4.69, 9.17) is 10.5 Å². The lowest BCUT2D eigenvalue weighted by atomic mass is 9.93. The second kappa shape index (κ2) is 6.02. The zero-order chi connectivity index (χ0) is 12.0. The Morgan fingerprint density at radius 2 is 1.88 bits per heavy atom. The highest BCUT2D eigenvalue weighted by Gasteiger charge is 2.09. The number of rotatable bonds is 5. The zero-order valence-corrected chi connectivity index (χ0v) is 10.6. The Hall–Kier alpha value is -0.860. The van der Waals surface area contributed by atoms with Crippen molar-refractivity contribution in [1.29, 1.82) is 0 Å². The summed E-state index contributed by atoms with van der Waals surface area (Å²) in [6.45, 7) is 8.78. The van der Waals surface area contributed by atoms with Gasteiger partial charge in [-0.2, -0.15) is 0 Å². The van der Waals surface area contributed by atoms with Gasteiger partial charge in [0.2, 0.25) is 0 Å². The minimum Gasteiger partial charge on any atom is -0.377 e. The molecule has 0 aliphatic carbocycles. The Kier molecular flexibility index (Phi) is 4.97. The summed E-state index contributed by atoms with van der Waals surface area (Å²) in [6, 6.07) is 8.26. The Balaban J connectivity index is 2.32. The standard InChI is InChI=1S/C14H23NO/c1-14(2,3)7-8-16-11-13-6-4-5-12(9-13)10-15/h4-6,9H,7-8,10-11,15H2,1-3H3. The molecule has 0 spiro atoms. The van der Waals surface area contributed by atoms with Gasteiger partial charge in [-0.1, -0.05) is 45.0 Å². The van der Waals surface area contributed by atoms with Crippen LogP contribution >= 0.6 is 0 Å². The van der Waals surface area contributed by atoms with Gasteiger partial charge in [-0.05, 0) is 23.0 Å². The summed E-state index contributed by atoms with van der Waals surface area (Å²) in [5.41, 5.74) is 8.31. The van der Waals surface area contributed by atoms with Crippen molar-refractivity contribution in [2.24, 2.45) is 11.1 Å². The van der Waals surface area contributed by atoms with Gasteiger partial charge in [0.25, 0.3) is 0 Å². The number of hydrogen-bond acceptors (Lipinski definition) is 2. The zero-order valence-electron chi connectivity index (χ0n) is 10.6. The Bertz CT molecular complexity index is 315. The first-order valence-electron chi connectivity index (χ1n) is 5.87. The summed E-state index contributed by atoms with van der Waals surface area (Å²) in [5.74, 6) is 0. The molecule has 0 aromatic heterocycles. The van der Waals surface area contributed by atoms with E-state index in [1.807, 2.05) is 12.1 Å². The van der Waals surface area contributed by atoms with Gasteiger partial charge in [-0.15, -0.1) is 0 Å². The lowest BCUT2D eigenvalue weighted by Gasteiger charge is -2.17.